The van der Waals surface area contributed by atoms with Crippen LogP contribution in [0.15, 0.2) is 11.6 Å². The monoisotopic (exact) mass is 323 g/mol. The maximum Gasteiger partial charge on any atom is 0.315 e. The van der Waals surface area contributed by atoms with Crippen LogP contribution in [-0.2, 0) is 0 Å². The molecule has 0 aromatic carbocycles. The molecule has 2 N–H and O–H groups in total. The van der Waals surface area contributed by atoms with Gasteiger partial charge in [-0.05, 0) is 12.8 Å². The largest absolute Gasteiger partial charge is 0.346 e. The van der Waals surface area contributed by atoms with Crippen molar-refractivity contribution in [1.29, 1.82) is 0 Å². The predicted octanol–water partition coefficient (Wildman–Crippen LogP) is 1.51. The zero-order valence-corrected chi connectivity index (χ0v) is 13.8. The Balaban J connectivity index is 1.29. The SMILES string of the molecule is O=C(NCCN1CCN(c2nccs2)CC1)NC1CCCC1. The average Bonchev–Trinajstić information content (AvgIpc) is 3.21. The second kappa shape index (κ2) is 7.78. The number of carbonyl (C=O) groups excluding carboxylic acids is 1. The van der Waals surface area contributed by atoms with Crippen LogP contribution in [0.1, 0.15) is 25.7 Å². The van der Waals surface area contributed by atoms with Crippen molar-refractivity contribution in [3.63, 3.8) is 0 Å². The lowest BCUT2D eigenvalue weighted by atomic mass is 10.2. The lowest BCUT2D eigenvalue weighted by molar-refractivity contribution is 0.229. The highest BCUT2D eigenvalue weighted by Gasteiger charge is 2.19. The molecule has 2 heterocycles. The standard InChI is InChI=1S/C15H25N5OS/c21-14(18-13-3-1-2-4-13)16-5-7-19-8-10-20(11-9-19)15-17-6-12-22-15/h6,12-13H,1-5,7-11H2,(H2,16,18,21). The van der Waals surface area contributed by atoms with E-state index in [1.54, 1.807) is 11.3 Å². The lowest BCUT2D eigenvalue weighted by Crippen LogP contribution is -2.49. The summed E-state index contributed by atoms with van der Waals surface area (Å²) < 4.78 is 0. The van der Waals surface area contributed by atoms with Crippen LogP contribution < -0.4 is 15.5 Å². The Morgan fingerprint density at radius 1 is 1.27 bits per heavy atom. The minimum Gasteiger partial charge on any atom is -0.346 e. The quantitative estimate of drug-likeness (QED) is 0.862. The number of carbonyl (C=O) groups is 1. The van der Waals surface area contributed by atoms with E-state index in [4.69, 9.17) is 0 Å². The van der Waals surface area contributed by atoms with Crippen molar-refractivity contribution in [2.75, 3.05) is 44.2 Å². The molecule has 2 fully saturated rings. The second-order valence-corrected chi connectivity index (χ2v) is 6.90. The summed E-state index contributed by atoms with van der Waals surface area (Å²) in [6.45, 7) is 5.74. The van der Waals surface area contributed by atoms with Crippen LogP contribution in [0, 0.1) is 0 Å². The van der Waals surface area contributed by atoms with Crippen molar-refractivity contribution in [3.05, 3.63) is 11.6 Å². The van der Waals surface area contributed by atoms with Crippen LogP contribution in [0.5, 0.6) is 0 Å². The molecule has 2 aliphatic rings. The van der Waals surface area contributed by atoms with Crippen molar-refractivity contribution in [1.82, 2.24) is 20.5 Å². The summed E-state index contributed by atoms with van der Waals surface area (Å²) in [5.74, 6) is 0. The smallest absolute Gasteiger partial charge is 0.315 e. The van der Waals surface area contributed by atoms with Gasteiger partial charge in [0, 0.05) is 56.9 Å². The maximum atomic E-state index is 11.8. The first kappa shape index (κ1) is 15.6. The zero-order valence-electron chi connectivity index (χ0n) is 13.0. The molecule has 6 nitrogen and oxygen atoms in total. The number of nitrogens with zero attached hydrogens (tertiary/aromatic N) is 3. The van der Waals surface area contributed by atoms with Gasteiger partial charge in [-0.15, -0.1) is 11.3 Å². The molecule has 1 aromatic rings. The summed E-state index contributed by atoms with van der Waals surface area (Å²) in [7, 11) is 0. The molecule has 0 radical (unpaired) electrons. The molecular formula is C15H25N5OS. The van der Waals surface area contributed by atoms with Crippen molar-refractivity contribution in [3.8, 4) is 0 Å². The van der Waals surface area contributed by atoms with Gasteiger partial charge in [0.25, 0.3) is 0 Å². The molecule has 3 rings (SSSR count). The fraction of sp³-hybridized carbons (Fsp3) is 0.733. The minimum atomic E-state index is -0.00618. The van der Waals surface area contributed by atoms with Gasteiger partial charge in [-0.2, -0.15) is 0 Å². The highest BCUT2D eigenvalue weighted by Crippen LogP contribution is 2.19. The Morgan fingerprint density at radius 2 is 2.05 bits per heavy atom. The van der Waals surface area contributed by atoms with Crippen LogP contribution in [0.2, 0.25) is 0 Å². The molecule has 122 valence electrons. The summed E-state index contributed by atoms with van der Waals surface area (Å²) in [6, 6.07) is 0.384. The zero-order chi connectivity index (χ0) is 15.2. The van der Waals surface area contributed by atoms with Crippen LogP contribution >= 0.6 is 11.3 Å². The number of hydrogen-bond acceptors (Lipinski definition) is 5. The van der Waals surface area contributed by atoms with Crippen LogP contribution in [-0.4, -0.2) is 61.2 Å². The Labute approximate surface area is 135 Å². The van der Waals surface area contributed by atoms with Gasteiger partial charge in [-0.1, -0.05) is 12.8 Å². The highest BCUT2D eigenvalue weighted by atomic mass is 32.1. The molecule has 1 aliphatic heterocycles. The van der Waals surface area contributed by atoms with Gasteiger partial charge in [-0.25, -0.2) is 9.78 Å². The Hall–Kier alpha value is -1.34. The van der Waals surface area contributed by atoms with E-state index in [2.05, 4.69) is 25.4 Å². The summed E-state index contributed by atoms with van der Waals surface area (Å²) in [5, 5.41) is 9.18. The molecule has 0 atom stereocenters. The fourth-order valence-electron chi connectivity index (χ4n) is 3.17. The Kier molecular flexibility index (Phi) is 5.50. The molecule has 1 saturated carbocycles. The molecule has 22 heavy (non-hydrogen) atoms. The number of amides is 2. The number of nitrogens with one attached hydrogen (secondary N) is 2. The summed E-state index contributed by atoms with van der Waals surface area (Å²) in [4.78, 5) is 20.9. The normalized spacial score (nSPS) is 20.3. The van der Waals surface area contributed by atoms with Gasteiger partial charge in [0.15, 0.2) is 5.13 Å². The summed E-state index contributed by atoms with van der Waals surface area (Å²) >= 11 is 1.70. The maximum absolute atomic E-state index is 11.8. The number of thiazole rings is 1. The van der Waals surface area contributed by atoms with E-state index in [9.17, 15) is 4.79 Å². The summed E-state index contributed by atoms with van der Waals surface area (Å²) in [5.41, 5.74) is 0. The Morgan fingerprint density at radius 3 is 2.73 bits per heavy atom. The third-order valence-electron chi connectivity index (χ3n) is 4.47. The van der Waals surface area contributed by atoms with Crippen LogP contribution in [0.25, 0.3) is 0 Å². The number of rotatable bonds is 5. The van der Waals surface area contributed by atoms with Gasteiger partial charge in [0.05, 0.1) is 0 Å². The van der Waals surface area contributed by atoms with Gasteiger partial charge in [-0.3, -0.25) is 4.90 Å². The van der Waals surface area contributed by atoms with Crippen LogP contribution in [0.3, 0.4) is 0 Å². The molecular weight excluding hydrogens is 298 g/mol. The van der Waals surface area contributed by atoms with Crippen molar-refractivity contribution < 1.29 is 4.79 Å². The van der Waals surface area contributed by atoms with E-state index in [-0.39, 0.29) is 6.03 Å². The molecule has 1 aliphatic carbocycles. The number of anilines is 1. The number of hydrogen-bond donors (Lipinski definition) is 2. The third-order valence-corrected chi connectivity index (χ3v) is 5.30. The van der Waals surface area contributed by atoms with E-state index < -0.39 is 0 Å². The topological polar surface area (TPSA) is 60.5 Å². The highest BCUT2D eigenvalue weighted by molar-refractivity contribution is 7.13. The first-order chi connectivity index (χ1) is 10.8. The summed E-state index contributed by atoms with van der Waals surface area (Å²) in [6.07, 6.45) is 6.61. The molecule has 1 aromatic heterocycles. The molecule has 7 heteroatoms. The first-order valence-electron chi connectivity index (χ1n) is 8.22. The molecule has 2 amide bonds. The Bertz CT molecular complexity index is 453. The van der Waals surface area contributed by atoms with Crippen LogP contribution in [0.4, 0.5) is 9.93 Å². The van der Waals surface area contributed by atoms with Gasteiger partial charge in [0.2, 0.25) is 0 Å². The van der Waals surface area contributed by atoms with E-state index >= 15 is 0 Å². The van der Waals surface area contributed by atoms with Gasteiger partial charge in [0.1, 0.15) is 0 Å². The predicted molar refractivity (Wildman–Crippen MR) is 89.6 cm³/mol. The first-order valence-corrected chi connectivity index (χ1v) is 9.10. The van der Waals surface area contributed by atoms with E-state index in [0.29, 0.717) is 6.04 Å². The van der Waals surface area contributed by atoms with E-state index in [1.807, 2.05) is 11.6 Å². The number of piperazine rings is 1. The average molecular weight is 323 g/mol. The van der Waals surface area contributed by atoms with Gasteiger partial charge < -0.3 is 15.5 Å². The van der Waals surface area contributed by atoms with Crippen molar-refractivity contribution in [2.45, 2.75) is 31.7 Å². The molecule has 0 spiro atoms. The van der Waals surface area contributed by atoms with E-state index in [0.717, 1.165) is 57.2 Å². The molecule has 1 saturated heterocycles. The van der Waals surface area contributed by atoms with Crippen molar-refractivity contribution in [2.24, 2.45) is 0 Å². The molecule has 0 unspecified atom stereocenters. The fourth-order valence-corrected chi connectivity index (χ4v) is 3.87. The lowest BCUT2D eigenvalue weighted by Gasteiger charge is -2.34. The minimum absolute atomic E-state index is 0.00618. The van der Waals surface area contributed by atoms with Crippen molar-refractivity contribution >= 4 is 22.5 Å². The second-order valence-electron chi connectivity index (χ2n) is 6.02. The number of urea groups is 1. The van der Waals surface area contributed by atoms with E-state index in [1.165, 1.54) is 12.8 Å². The number of aromatic nitrogens is 1. The third kappa shape index (κ3) is 4.33. The molecule has 0 bridgehead atoms. The van der Waals surface area contributed by atoms with Gasteiger partial charge >= 0.3 is 6.03 Å².